The van der Waals surface area contributed by atoms with Gasteiger partial charge in [-0.25, -0.2) is 4.79 Å². The van der Waals surface area contributed by atoms with Crippen molar-refractivity contribution in [2.45, 2.75) is 13.5 Å². The fourth-order valence-electron chi connectivity index (χ4n) is 1.17. The quantitative estimate of drug-likeness (QED) is 0.752. The predicted octanol–water partition coefficient (Wildman–Crippen LogP) is 2.32. The van der Waals surface area contributed by atoms with Gasteiger partial charge in [0.15, 0.2) is 0 Å². The molecule has 0 heterocycles. The number of carbonyl (C=O) groups is 1. The molecule has 80 valence electrons. The number of aliphatic carboxylic acids is 1. The maximum absolute atomic E-state index is 10.3. The van der Waals surface area contributed by atoms with Gasteiger partial charge in [0, 0.05) is 12.7 Å². The van der Waals surface area contributed by atoms with Crippen LogP contribution in [-0.2, 0) is 16.1 Å². The molecule has 3 heteroatoms. The molecule has 15 heavy (non-hydrogen) atoms. The summed E-state index contributed by atoms with van der Waals surface area (Å²) in [5, 5.41) is 8.47. The van der Waals surface area contributed by atoms with Crippen LogP contribution in [0.3, 0.4) is 0 Å². The van der Waals surface area contributed by atoms with Gasteiger partial charge < -0.3 is 9.84 Å². The molecule has 0 radical (unpaired) electrons. The van der Waals surface area contributed by atoms with Crippen LogP contribution in [0.5, 0.6) is 0 Å². The van der Waals surface area contributed by atoms with Crippen LogP contribution in [0.4, 0.5) is 0 Å². The first-order chi connectivity index (χ1) is 7.22. The standard InChI is InChI=1S/C12H14O3/c1-2-15-9-11-5-3-4-10(8-11)6-7-12(13)14/h3-8H,2,9H2,1H3,(H,13,14)/b7-6+. The zero-order chi connectivity index (χ0) is 11.1. The van der Waals surface area contributed by atoms with Gasteiger partial charge in [0.1, 0.15) is 0 Å². The van der Waals surface area contributed by atoms with Crippen LogP contribution in [0.2, 0.25) is 0 Å². The zero-order valence-corrected chi connectivity index (χ0v) is 8.64. The van der Waals surface area contributed by atoms with Crippen LogP contribution in [-0.4, -0.2) is 17.7 Å². The van der Waals surface area contributed by atoms with Crippen molar-refractivity contribution in [1.29, 1.82) is 0 Å². The molecule has 0 saturated heterocycles. The molecule has 1 aromatic carbocycles. The van der Waals surface area contributed by atoms with Crippen LogP contribution in [0, 0.1) is 0 Å². The largest absolute Gasteiger partial charge is 0.478 e. The number of carboxylic acid groups (broad SMARTS) is 1. The Morgan fingerprint density at radius 2 is 2.33 bits per heavy atom. The van der Waals surface area contributed by atoms with Gasteiger partial charge in [-0.05, 0) is 30.2 Å². The Morgan fingerprint density at radius 1 is 1.53 bits per heavy atom. The molecule has 0 unspecified atom stereocenters. The van der Waals surface area contributed by atoms with E-state index in [1.165, 1.54) is 0 Å². The first-order valence-corrected chi connectivity index (χ1v) is 4.80. The van der Waals surface area contributed by atoms with Crippen LogP contribution in [0.15, 0.2) is 30.3 Å². The Hall–Kier alpha value is -1.61. The fraction of sp³-hybridized carbons (Fsp3) is 0.250. The van der Waals surface area contributed by atoms with E-state index >= 15 is 0 Å². The molecular weight excluding hydrogens is 192 g/mol. The van der Waals surface area contributed by atoms with Crippen molar-refractivity contribution in [3.8, 4) is 0 Å². The summed E-state index contributed by atoms with van der Waals surface area (Å²) in [5.41, 5.74) is 1.92. The molecule has 1 N–H and O–H groups in total. The van der Waals surface area contributed by atoms with Gasteiger partial charge in [0.25, 0.3) is 0 Å². The summed E-state index contributed by atoms with van der Waals surface area (Å²) in [6.07, 6.45) is 2.69. The molecule has 0 atom stereocenters. The van der Waals surface area contributed by atoms with Crippen LogP contribution >= 0.6 is 0 Å². The van der Waals surface area contributed by atoms with E-state index in [2.05, 4.69) is 0 Å². The number of rotatable bonds is 5. The normalized spacial score (nSPS) is 10.7. The average molecular weight is 206 g/mol. The molecule has 0 fully saturated rings. The lowest BCUT2D eigenvalue weighted by molar-refractivity contribution is -0.131. The number of ether oxygens (including phenoxy) is 1. The van der Waals surface area contributed by atoms with Crippen molar-refractivity contribution >= 4 is 12.0 Å². The van der Waals surface area contributed by atoms with Gasteiger partial charge in [0.05, 0.1) is 6.61 Å². The van der Waals surface area contributed by atoms with Crippen molar-refractivity contribution in [3.05, 3.63) is 41.5 Å². The summed E-state index contributed by atoms with van der Waals surface area (Å²) in [5.74, 6) is -0.940. The lowest BCUT2D eigenvalue weighted by atomic mass is 10.1. The molecule has 3 nitrogen and oxygen atoms in total. The maximum Gasteiger partial charge on any atom is 0.328 e. The minimum Gasteiger partial charge on any atom is -0.478 e. The second-order valence-electron chi connectivity index (χ2n) is 3.05. The maximum atomic E-state index is 10.3. The molecule has 0 aliphatic carbocycles. The summed E-state index contributed by atoms with van der Waals surface area (Å²) in [6, 6.07) is 7.60. The average Bonchev–Trinajstić information content (AvgIpc) is 2.24. The summed E-state index contributed by atoms with van der Waals surface area (Å²) in [7, 11) is 0. The molecule has 1 rings (SSSR count). The molecule has 0 aromatic heterocycles. The van der Waals surface area contributed by atoms with E-state index in [9.17, 15) is 4.79 Å². The van der Waals surface area contributed by atoms with Crippen molar-refractivity contribution in [2.24, 2.45) is 0 Å². The van der Waals surface area contributed by atoms with Gasteiger partial charge in [0.2, 0.25) is 0 Å². The Balaban J connectivity index is 2.69. The van der Waals surface area contributed by atoms with Gasteiger partial charge in [-0.1, -0.05) is 18.2 Å². The smallest absolute Gasteiger partial charge is 0.328 e. The van der Waals surface area contributed by atoms with Crippen LogP contribution < -0.4 is 0 Å². The van der Waals surface area contributed by atoms with E-state index in [0.29, 0.717) is 13.2 Å². The molecule has 0 aliphatic heterocycles. The molecule has 0 spiro atoms. The molecule has 0 saturated carbocycles. The highest BCUT2D eigenvalue weighted by molar-refractivity contribution is 5.85. The van der Waals surface area contributed by atoms with Crippen LogP contribution in [0.25, 0.3) is 6.08 Å². The predicted molar refractivity (Wildman–Crippen MR) is 58.4 cm³/mol. The highest BCUT2D eigenvalue weighted by Crippen LogP contribution is 2.08. The van der Waals surface area contributed by atoms with E-state index in [1.54, 1.807) is 6.08 Å². The minimum absolute atomic E-state index is 0.561. The van der Waals surface area contributed by atoms with Crippen molar-refractivity contribution in [1.82, 2.24) is 0 Å². The fourth-order valence-corrected chi connectivity index (χ4v) is 1.17. The lowest BCUT2D eigenvalue weighted by Crippen LogP contribution is -1.92. The van der Waals surface area contributed by atoms with Gasteiger partial charge >= 0.3 is 5.97 Å². The molecule has 1 aromatic rings. The van der Waals surface area contributed by atoms with E-state index in [-0.39, 0.29) is 0 Å². The van der Waals surface area contributed by atoms with Crippen LogP contribution in [0.1, 0.15) is 18.1 Å². The third-order valence-corrected chi connectivity index (χ3v) is 1.84. The van der Waals surface area contributed by atoms with E-state index in [0.717, 1.165) is 17.2 Å². The first-order valence-electron chi connectivity index (χ1n) is 4.80. The van der Waals surface area contributed by atoms with Gasteiger partial charge in [-0.15, -0.1) is 0 Å². The second-order valence-corrected chi connectivity index (χ2v) is 3.05. The van der Waals surface area contributed by atoms with Gasteiger partial charge in [-0.2, -0.15) is 0 Å². The Morgan fingerprint density at radius 3 is 3.00 bits per heavy atom. The number of hydrogen-bond acceptors (Lipinski definition) is 2. The summed E-state index contributed by atoms with van der Waals surface area (Å²) < 4.78 is 5.26. The summed E-state index contributed by atoms with van der Waals surface area (Å²) >= 11 is 0. The third kappa shape index (κ3) is 4.42. The zero-order valence-electron chi connectivity index (χ0n) is 8.64. The molecule has 0 amide bonds. The summed E-state index contributed by atoms with van der Waals surface area (Å²) in [4.78, 5) is 10.3. The van der Waals surface area contributed by atoms with E-state index in [1.807, 2.05) is 31.2 Å². The monoisotopic (exact) mass is 206 g/mol. The van der Waals surface area contributed by atoms with Gasteiger partial charge in [-0.3, -0.25) is 0 Å². The number of hydrogen-bond donors (Lipinski definition) is 1. The Labute approximate surface area is 89.0 Å². The Bertz CT molecular complexity index is 356. The van der Waals surface area contributed by atoms with E-state index < -0.39 is 5.97 Å². The van der Waals surface area contributed by atoms with Crippen molar-refractivity contribution in [2.75, 3.05) is 6.61 Å². The molecule has 0 aliphatic rings. The summed E-state index contributed by atoms with van der Waals surface area (Å²) in [6.45, 7) is 3.18. The topological polar surface area (TPSA) is 46.5 Å². The highest BCUT2D eigenvalue weighted by Gasteiger charge is 1.94. The van der Waals surface area contributed by atoms with Crippen molar-refractivity contribution in [3.63, 3.8) is 0 Å². The lowest BCUT2D eigenvalue weighted by Gasteiger charge is -2.02. The number of carboxylic acids is 1. The second kappa shape index (κ2) is 5.98. The first kappa shape index (κ1) is 11.5. The third-order valence-electron chi connectivity index (χ3n) is 1.84. The van der Waals surface area contributed by atoms with Crippen molar-refractivity contribution < 1.29 is 14.6 Å². The number of benzene rings is 1. The minimum atomic E-state index is -0.940. The molecular formula is C12H14O3. The molecule has 0 bridgehead atoms. The highest BCUT2D eigenvalue weighted by atomic mass is 16.5. The SMILES string of the molecule is CCOCc1cccc(/C=C/C(=O)O)c1. The van der Waals surface area contributed by atoms with E-state index in [4.69, 9.17) is 9.84 Å². The Kier molecular flexibility index (Phi) is 4.57.